The van der Waals surface area contributed by atoms with Crippen LogP contribution >= 0.6 is 0 Å². The number of hydrogen-bond donors (Lipinski definition) is 1. The molecule has 0 fully saturated rings. The van der Waals surface area contributed by atoms with Crippen LogP contribution in [0.3, 0.4) is 0 Å². The van der Waals surface area contributed by atoms with Gasteiger partial charge in [0.15, 0.2) is 0 Å². The van der Waals surface area contributed by atoms with Crippen LogP contribution in [0.1, 0.15) is 23.7 Å². The molecule has 0 saturated carbocycles. The van der Waals surface area contributed by atoms with Crippen LogP contribution in [0.5, 0.6) is 0 Å². The summed E-state index contributed by atoms with van der Waals surface area (Å²) in [6.07, 6.45) is 0.970. The standard InChI is InChI=1S/C12H14N2O5/c1-3-19-10(16)7-9(15)14-11-8(12(17)18-2)5-4-6-13-11/h4-6H,3,7H2,1-2H3,(H,13,14,15). The highest BCUT2D eigenvalue weighted by Crippen LogP contribution is 2.12. The van der Waals surface area contributed by atoms with Gasteiger partial charge >= 0.3 is 11.9 Å². The van der Waals surface area contributed by atoms with Crippen molar-refractivity contribution < 1.29 is 23.9 Å². The number of ether oxygens (including phenoxy) is 2. The highest BCUT2D eigenvalue weighted by Gasteiger charge is 2.16. The average Bonchev–Trinajstić information content (AvgIpc) is 2.38. The van der Waals surface area contributed by atoms with E-state index in [0.29, 0.717) is 0 Å². The van der Waals surface area contributed by atoms with Crippen LogP contribution < -0.4 is 5.32 Å². The Morgan fingerprint density at radius 3 is 2.74 bits per heavy atom. The first-order valence-corrected chi connectivity index (χ1v) is 5.57. The SMILES string of the molecule is CCOC(=O)CC(=O)Nc1ncccc1C(=O)OC. The van der Waals surface area contributed by atoms with Crippen LogP contribution in [0, 0.1) is 0 Å². The number of nitrogens with one attached hydrogen (secondary N) is 1. The Labute approximate surface area is 109 Å². The van der Waals surface area contributed by atoms with E-state index in [9.17, 15) is 14.4 Å². The third-order valence-electron chi connectivity index (χ3n) is 2.08. The molecule has 1 aromatic rings. The molecule has 0 aliphatic heterocycles. The molecule has 0 aliphatic rings. The van der Waals surface area contributed by atoms with Crippen molar-refractivity contribution in [2.75, 3.05) is 19.0 Å². The molecule has 1 rings (SSSR count). The van der Waals surface area contributed by atoms with E-state index in [-0.39, 0.29) is 18.0 Å². The summed E-state index contributed by atoms with van der Waals surface area (Å²) in [5.41, 5.74) is 0.113. The Balaban J connectivity index is 2.74. The van der Waals surface area contributed by atoms with Crippen LogP contribution in [0.15, 0.2) is 18.3 Å². The van der Waals surface area contributed by atoms with Gasteiger partial charge < -0.3 is 14.8 Å². The zero-order valence-corrected chi connectivity index (χ0v) is 10.6. The number of methoxy groups -OCH3 is 1. The quantitative estimate of drug-likeness (QED) is 0.624. The van der Waals surface area contributed by atoms with Crippen molar-refractivity contribution in [3.63, 3.8) is 0 Å². The van der Waals surface area contributed by atoms with Crippen LogP contribution in [0.2, 0.25) is 0 Å². The van der Waals surface area contributed by atoms with Crippen LogP contribution in [0.25, 0.3) is 0 Å². The zero-order valence-electron chi connectivity index (χ0n) is 10.6. The Morgan fingerprint density at radius 2 is 2.11 bits per heavy atom. The first-order valence-electron chi connectivity index (χ1n) is 5.57. The first-order chi connectivity index (χ1) is 9.08. The van der Waals surface area contributed by atoms with Crippen molar-refractivity contribution in [2.24, 2.45) is 0 Å². The lowest BCUT2D eigenvalue weighted by molar-refractivity contribution is -0.145. The highest BCUT2D eigenvalue weighted by molar-refractivity contribution is 6.04. The van der Waals surface area contributed by atoms with Gasteiger partial charge in [-0.1, -0.05) is 0 Å². The number of rotatable bonds is 5. The Morgan fingerprint density at radius 1 is 1.37 bits per heavy atom. The molecule has 1 amide bonds. The minimum absolute atomic E-state index is 0.0450. The number of amides is 1. The Kier molecular flexibility index (Phi) is 5.46. The number of pyridine rings is 1. The molecule has 1 aromatic heterocycles. The Hall–Kier alpha value is -2.44. The molecule has 0 aromatic carbocycles. The molecule has 0 saturated heterocycles. The summed E-state index contributed by atoms with van der Waals surface area (Å²) in [5, 5.41) is 2.36. The van der Waals surface area contributed by atoms with Crippen molar-refractivity contribution in [3.8, 4) is 0 Å². The molecule has 1 N–H and O–H groups in total. The van der Waals surface area contributed by atoms with Crippen molar-refractivity contribution in [1.82, 2.24) is 4.98 Å². The van der Waals surface area contributed by atoms with Gasteiger partial charge in [-0.25, -0.2) is 9.78 Å². The van der Waals surface area contributed by atoms with Crippen LogP contribution in [-0.2, 0) is 19.1 Å². The van der Waals surface area contributed by atoms with Crippen LogP contribution in [-0.4, -0.2) is 36.5 Å². The lowest BCUT2D eigenvalue weighted by atomic mass is 10.2. The minimum atomic E-state index is -0.643. The van der Waals surface area contributed by atoms with Gasteiger partial charge in [-0.05, 0) is 19.1 Å². The van der Waals surface area contributed by atoms with Gasteiger partial charge in [-0.3, -0.25) is 9.59 Å². The van der Waals surface area contributed by atoms with Gasteiger partial charge in [0.2, 0.25) is 5.91 Å². The van der Waals surface area contributed by atoms with Crippen molar-refractivity contribution in [3.05, 3.63) is 23.9 Å². The number of nitrogens with zero attached hydrogens (tertiary/aromatic N) is 1. The molecule has 19 heavy (non-hydrogen) atoms. The predicted molar refractivity (Wildman–Crippen MR) is 65.5 cm³/mol. The minimum Gasteiger partial charge on any atom is -0.466 e. The number of carbonyl (C=O) groups is 3. The number of hydrogen-bond acceptors (Lipinski definition) is 6. The number of carbonyl (C=O) groups excluding carboxylic acids is 3. The van der Waals surface area contributed by atoms with E-state index in [4.69, 9.17) is 0 Å². The second kappa shape index (κ2) is 7.10. The molecule has 0 bridgehead atoms. The monoisotopic (exact) mass is 266 g/mol. The lowest BCUT2D eigenvalue weighted by Gasteiger charge is -2.08. The van der Waals surface area contributed by atoms with Gasteiger partial charge in [-0.15, -0.1) is 0 Å². The third-order valence-corrected chi connectivity index (χ3v) is 2.08. The van der Waals surface area contributed by atoms with E-state index >= 15 is 0 Å². The molecule has 7 nitrogen and oxygen atoms in total. The fourth-order valence-electron chi connectivity index (χ4n) is 1.30. The van der Waals surface area contributed by atoms with E-state index in [1.54, 1.807) is 6.92 Å². The lowest BCUT2D eigenvalue weighted by Crippen LogP contribution is -2.20. The van der Waals surface area contributed by atoms with E-state index in [1.165, 1.54) is 25.4 Å². The summed E-state index contributed by atoms with van der Waals surface area (Å²) in [4.78, 5) is 38.0. The normalized spacial score (nSPS) is 9.58. The highest BCUT2D eigenvalue weighted by atomic mass is 16.5. The van der Waals surface area contributed by atoms with Crippen molar-refractivity contribution in [1.29, 1.82) is 0 Å². The number of aromatic nitrogens is 1. The van der Waals surface area contributed by atoms with Crippen molar-refractivity contribution in [2.45, 2.75) is 13.3 Å². The first kappa shape index (κ1) is 14.6. The molecular formula is C12H14N2O5. The van der Waals surface area contributed by atoms with Gasteiger partial charge in [-0.2, -0.15) is 0 Å². The smallest absolute Gasteiger partial charge is 0.341 e. The zero-order chi connectivity index (χ0) is 14.3. The van der Waals surface area contributed by atoms with Gasteiger partial charge in [0.1, 0.15) is 17.8 Å². The molecule has 0 radical (unpaired) electrons. The maximum atomic E-state index is 11.6. The average molecular weight is 266 g/mol. The van der Waals surface area contributed by atoms with Gasteiger partial charge in [0.25, 0.3) is 0 Å². The molecule has 0 unspecified atom stereocenters. The van der Waals surface area contributed by atoms with Gasteiger partial charge in [0.05, 0.1) is 13.7 Å². The molecule has 0 atom stereocenters. The molecule has 102 valence electrons. The largest absolute Gasteiger partial charge is 0.466 e. The van der Waals surface area contributed by atoms with Gasteiger partial charge in [0, 0.05) is 6.20 Å². The number of anilines is 1. The topological polar surface area (TPSA) is 94.6 Å². The Bertz CT molecular complexity index is 487. The molecule has 0 aliphatic carbocycles. The summed E-state index contributed by atoms with van der Waals surface area (Å²) >= 11 is 0. The second-order valence-electron chi connectivity index (χ2n) is 3.42. The van der Waals surface area contributed by atoms with E-state index in [1.807, 2.05) is 0 Å². The summed E-state index contributed by atoms with van der Waals surface area (Å²) in [5.74, 6) is -1.83. The van der Waals surface area contributed by atoms with Crippen LogP contribution in [0.4, 0.5) is 5.82 Å². The molecule has 7 heteroatoms. The van der Waals surface area contributed by atoms with E-state index < -0.39 is 24.3 Å². The molecular weight excluding hydrogens is 252 g/mol. The van der Waals surface area contributed by atoms with Crippen molar-refractivity contribution >= 4 is 23.7 Å². The maximum Gasteiger partial charge on any atom is 0.341 e. The predicted octanol–water partition coefficient (Wildman–Crippen LogP) is 0.760. The number of esters is 2. The fraction of sp³-hybridized carbons (Fsp3) is 0.333. The van der Waals surface area contributed by atoms with E-state index in [0.717, 1.165) is 0 Å². The summed E-state index contributed by atoms with van der Waals surface area (Å²) < 4.78 is 9.19. The second-order valence-corrected chi connectivity index (χ2v) is 3.42. The summed E-state index contributed by atoms with van der Waals surface area (Å²) in [6.45, 7) is 1.84. The molecule has 0 spiro atoms. The van der Waals surface area contributed by atoms with E-state index in [2.05, 4.69) is 19.8 Å². The summed E-state index contributed by atoms with van der Waals surface area (Å²) in [7, 11) is 1.22. The maximum absolute atomic E-state index is 11.6. The molecule has 1 heterocycles. The fourth-order valence-corrected chi connectivity index (χ4v) is 1.30. The summed E-state index contributed by atoms with van der Waals surface area (Å²) in [6, 6.07) is 2.99. The third kappa shape index (κ3) is 4.38.